The van der Waals surface area contributed by atoms with E-state index in [0.29, 0.717) is 24.3 Å². The number of hydrogen-bond donors (Lipinski definition) is 1. The molecular weight excluding hydrogens is 422 g/mol. The second-order valence-corrected chi connectivity index (χ2v) is 8.43. The number of benzene rings is 2. The van der Waals surface area contributed by atoms with E-state index in [1.54, 1.807) is 7.11 Å². The summed E-state index contributed by atoms with van der Waals surface area (Å²) in [6.07, 6.45) is 1.34. The number of hydrogen-bond acceptors (Lipinski definition) is 5. The normalized spacial score (nSPS) is 14.3. The molecule has 3 aromatic rings. The highest BCUT2D eigenvalue weighted by molar-refractivity contribution is 7.71. The van der Waals surface area contributed by atoms with Gasteiger partial charge in [-0.3, -0.25) is 14.5 Å². The minimum atomic E-state index is 0.152. The second kappa shape index (κ2) is 9.99. The fourth-order valence-corrected chi connectivity index (χ4v) is 4.26. The monoisotopic (exact) mass is 451 g/mol. The number of nitrogens with one attached hydrogen (secondary N) is 1. The number of carbonyl (C=O) groups excluding carboxylic acids is 1. The van der Waals surface area contributed by atoms with E-state index in [1.165, 1.54) is 5.56 Å². The molecule has 168 valence electrons. The molecule has 1 aliphatic heterocycles. The van der Waals surface area contributed by atoms with Crippen LogP contribution in [0.5, 0.6) is 5.75 Å². The van der Waals surface area contributed by atoms with Gasteiger partial charge in [0.15, 0.2) is 10.6 Å². The summed E-state index contributed by atoms with van der Waals surface area (Å²) in [4.78, 5) is 17.3. The summed E-state index contributed by atoms with van der Waals surface area (Å²) in [5.74, 6) is 1.77. The van der Waals surface area contributed by atoms with E-state index in [-0.39, 0.29) is 5.91 Å². The topological polar surface area (TPSA) is 66.4 Å². The maximum atomic E-state index is 13.0. The fraction of sp³-hybridized carbons (Fsp3) is 0.375. The van der Waals surface area contributed by atoms with Crippen LogP contribution in [0.3, 0.4) is 0 Å². The first-order valence-corrected chi connectivity index (χ1v) is 11.3. The number of nitrogens with zero attached hydrogens (tertiary/aromatic N) is 4. The van der Waals surface area contributed by atoms with E-state index in [2.05, 4.69) is 34.2 Å². The maximum Gasteiger partial charge on any atom is 0.224 e. The van der Waals surface area contributed by atoms with Crippen molar-refractivity contribution in [2.24, 2.45) is 0 Å². The van der Waals surface area contributed by atoms with Crippen molar-refractivity contribution in [3.63, 3.8) is 0 Å². The molecule has 0 unspecified atom stereocenters. The Balaban J connectivity index is 1.37. The Morgan fingerprint density at radius 1 is 1.06 bits per heavy atom. The zero-order valence-corrected chi connectivity index (χ0v) is 19.4. The van der Waals surface area contributed by atoms with Gasteiger partial charge in [0.1, 0.15) is 5.75 Å². The molecule has 1 aliphatic rings. The molecule has 8 heteroatoms. The summed E-state index contributed by atoms with van der Waals surface area (Å²) in [5, 5.41) is 7.25. The summed E-state index contributed by atoms with van der Waals surface area (Å²) in [5.41, 5.74) is 3.34. The smallest absolute Gasteiger partial charge is 0.224 e. The third-order valence-electron chi connectivity index (χ3n) is 5.90. The standard InChI is InChI=1S/C24H29N5O2S/c1-18-4-6-19(7-5-18)23-25-26-24(32)29(23)15-12-22(30)28-14-3-13-27(16-17-28)20-8-10-21(31-2)11-9-20/h4-11H,3,12-17H2,1-2H3,(H,26,32). The van der Waals surface area contributed by atoms with E-state index in [0.717, 1.165) is 48.9 Å². The van der Waals surface area contributed by atoms with Crippen LogP contribution < -0.4 is 9.64 Å². The minimum Gasteiger partial charge on any atom is -0.497 e. The number of anilines is 1. The Bertz CT molecular complexity index is 1100. The van der Waals surface area contributed by atoms with Crippen LogP contribution in [0.25, 0.3) is 11.4 Å². The van der Waals surface area contributed by atoms with Crippen molar-refractivity contribution < 1.29 is 9.53 Å². The minimum absolute atomic E-state index is 0.152. The number of methoxy groups -OCH3 is 1. The molecular formula is C24H29N5O2S. The van der Waals surface area contributed by atoms with E-state index >= 15 is 0 Å². The SMILES string of the molecule is COc1ccc(N2CCCN(C(=O)CCn3c(-c4ccc(C)cc4)n[nH]c3=S)CC2)cc1. The molecule has 1 N–H and O–H groups in total. The molecule has 0 atom stereocenters. The Hall–Kier alpha value is -3.13. The quantitative estimate of drug-likeness (QED) is 0.573. The third-order valence-corrected chi connectivity index (χ3v) is 6.22. The number of aromatic amines is 1. The number of aryl methyl sites for hydroxylation is 1. The van der Waals surface area contributed by atoms with E-state index in [4.69, 9.17) is 17.0 Å². The van der Waals surface area contributed by atoms with E-state index < -0.39 is 0 Å². The maximum absolute atomic E-state index is 13.0. The summed E-state index contributed by atoms with van der Waals surface area (Å²) >= 11 is 5.42. The first kappa shape index (κ1) is 22.1. The predicted molar refractivity (Wildman–Crippen MR) is 129 cm³/mol. The average molecular weight is 452 g/mol. The lowest BCUT2D eigenvalue weighted by Gasteiger charge is -2.24. The fourth-order valence-electron chi connectivity index (χ4n) is 4.03. The van der Waals surface area contributed by atoms with Crippen molar-refractivity contribution in [1.82, 2.24) is 19.7 Å². The van der Waals surface area contributed by atoms with Crippen LogP contribution in [-0.4, -0.2) is 58.9 Å². The predicted octanol–water partition coefficient (Wildman–Crippen LogP) is 4.05. The molecule has 32 heavy (non-hydrogen) atoms. The molecule has 0 bridgehead atoms. The van der Waals surface area contributed by atoms with Gasteiger partial charge in [-0.2, -0.15) is 5.10 Å². The summed E-state index contributed by atoms with van der Waals surface area (Å²) in [6.45, 7) is 5.80. The first-order valence-electron chi connectivity index (χ1n) is 10.9. The molecule has 0 aliphatic carbocycles. The lowest BCUT2D eigenvalue weighted by molar-refractivity contribution is -0.131. The Morgan fingerprint density at radius 3 is 2.53 bits per heavy atom. The van der Waals surface area contributed by atoms with Gasteiger partial charge in [-0.15, -0.1) is 0 Å². The van der Waals surface area contributed by atoms with Crippen molar-refractivity contribution in [2.75, 3.05) is 38.2 Å². The van der Waals surface area contributed by atoms with E-state index in [9.17, 15) is 4.79 Å². The zero-order chi connectivity index (χ0) is 22.5. The molecule has 2 heterocycles. The van der Waals surface area contributed by atoms with Gasteiger partial charge in [-0.05, 0) is 49.8 Å². The van der Waals surface area contributed by atoms with Crippen molar-refractivity contribution in [3.05, 3.63) is 58.9 Å². The van der Waals surface area contributed by atoms with Crippen molar-refractivity contribution in [1.29, 1.82) is 0 Å². The molecule has 2 aromatic carbocycles. The number of aromatic nitrogens is 3. The van der Waals surface area contributed by atoms with Crippen LogP contribution in [0.2, 0.25) is 0 Å². The Kier molecular flexibility index (Phi) is 6.90. The van der Waals surface area contributed by atoms with Crippen molar-refractivity contribution in [3.8, 4) is 17.1 Å². The highest BCUT2D eigenvalue weighted by Gasteiger charge is 2.20. The number of carbonyl (C=O) groups is 1. The number of H-pyrrole nitrogens is 1. The van der Waals surface area contributed by atoms with Crippen molar-refractivity contribution >= 4 is 23.8 Å². The van der Waals surface area contributed by atoms with Crippen LogP contribution in [0, 0.1) is 11.7 Å². The lowest BCUT2D eigenvalue weighted by Crippen LogP contribution is -2.35. The highest BCUT2D eigenvalue weighted by Crippen LogP contribution is 2.21. The molecule has 0 spiro atoms. The summed E-state index contributed by atoms with van der Waals surface area (Å²) in [6, 6.07) is 16.3. The van der Waals surface area contributed by atoms with Crippen LogP contribution in [0.4, 0.5) is 5.69 Å². The average Bonchev–Trinajstić information content (AvgIpc) is 3.02. The molecule has 1 aromatic heterocycles. The van der Waals surface area contributed by atoms with Gasteiger partial charge in [-0.25, -0.2) is 0 Å². The Morgan fingerprint density at radius 2 is 1.81 bits per heavy atom. The third kappa shape index (κ3) is 5.02. The molecule has 4 rings (SSSR count). The highest BCUT2D eigenvalue weighted by atomic mass is 32.1. The molecule has 1 saturated heterocycles. The molecule has 0 radical (unpaired) electrons. The van der Waals surface area contributed by atoms with Crippen molar-refractivity contribution in [2.45, 2.75) is 26.3 Å². The molecule has 7 nitrogen and oxygen atoms in total. The van der Waals surface area contributed by atoms with Gasteiger partial charge in [0.05, 0.1) is 7.11 Å². The van der Waals surface area contributed by atoms with Gasteiger partial charge in [-0.1, -0.05) is 29.8 Å². The largest absolute Gasteiger partial charge is 0.497 e. The molecule has 0 saturated carbocycles. The first-order chi connectivity index (χ1) is 15.5. The molecule has 1 amide bonds. The van der Waals surface area contributed by atoms with Crippen LogP contribution in [0.1, 0.15) is 18.4 Å². The van der Waals surface area contributed by atoms with Gasteiger partial charge < -0.3 is 14.5 Å². The van der Waals surface area contributed by atoms with Gasteiger partial charge in [0.2, 0.25) is 5.91 Å². The number of rotatable bonds is 6. The van der Waals surface area contributed by atoms with E-state index in [1.807, 2.05) is 45.9 Å². The van der Waals surface area contributed by atoms with Crippen LogP contribution in [0.15, 0.2) is 48.5 Å². The second-order valence-electron chi connectivity index (χ2n) is 8.04. The van der Waals surface area contributed by atoms with Gasteiger partial charge in [0.25, 0.3) is 0 Å². The van der Waals surface area contributed by atoms with Gasteiger partial charge >= 0.3 is 0 Å². The number of amides is 1. The van der Waals surface area contributed by atoms with Gasteiger partial charge in [0, 0.05) is 50.4 Å². The summed E-state index contributed by atoms with van der Waals surface area (Å²) < 4.78 is 7.70. The van der Waals surface area contributed by atoms with Crippen LogP contribution >= 0.6 is 12.2 Å². The Labute approximate surface area is 193 Å². The summed E-state index contributed by atoms with van der Waals surface area (Å²) in [7, 11) is 1.67. The zero-order valence-electron chi connectivity index (χ0n) is 18.6. The molecule has 1 fully saturated rings. The lowest BCUT2D eigenvalue weighted by atomic mass is 10.1. The van der Waals surface area contributed by atoms with Crippen LogP contribution in [-0.2, 0) is 11.3 Å². The number of ether oxygens (including phenoxy) is 1.